The molecule has 128 valence electrons. The summed E-state index contributed by atoms with van der Waals surface area (Å²) in [6.45, 7) is 4.46. The van der Waals surface area contributed by atoms with E-state index in [-0.39, 0.29) is 24.6 Å². The molecule has 1 aliphatic rings. The third-order valence-electron chi connectivity index (χ3n) is 4.18. The van der Waals surface area contributed by atoms with Gasteiger partial charge in [0.25, 0.3) is 0 Å². The molecule has 0 saturated carbocycles. The van der Waals surface area contributed by atoms with Gasteiger partial charge in [0, 0.05) is 32.3 Å². The molecule has 1 saturated heterocycles. The second-order valence-corrected chi connectivity index (χ2v) is 6.62. The zero-order valence-electron chi connectivity index (χ0n) is 13.6. The van der Waals surface area contributed by atoms with E-state index in [1.54, 1.807) is 0 Å². The summed E-state index contributed by atoms with van der Waals surface area (Å²) in [4.78, 5) is 14.2. The molecule has 3 N–H and O–H groups in total. The molecule has 2 rings (SSSR count). The number of rotatable bonds is 6. The van der Waals surface area contributed by atoms with Crippen molar-refractivity contribution >= 4 is 23.3 Å². The van der Waals surface area contributed by atoms with Gasteiger partial charge in [0.05, 0.1) is 10.7 Å². The SMILES string of the molecule is C[C@@H](CCO)CNC(=O)N[C@H]1CCCN(c2ccccc2Cl)C1. The smallest absolute Gasteiger partial charge is 0.315 e. The average molecular weight is 340 g/mol. The van der Waals surface area contributed by atoms with Crippen LogP contribution in [0.5, 0.6) is 0 Å². The fourth-order valence-corrected chi connectivity index (χ4v) is 3.10. The van der Waals surface area contributed by atoms with E-state index in [0.717, 1.165) is 36.6 Å². The highest BCUT2D eigenvalue weighted by atomic mass is 35.5. The van der Waals surface area contributed by atoms with E-state index >= 15 is 0 Å². The summed E-state index contributed by atoms with van der Waals surface area (Å²) in [6.07, 6.45) is 2.70. The van der Waals surface area contributed by atoms with Gasteiger partial charge < -0.3 is 20.6 Å². The van der Waals surface area contributed by atoms with Crippen molar-refractivity contribution in [2.45, 2.75) is 32.2 Å². The zero-order chi connectivity index (χ0) is 16.7. The van der Waals surface area contributed by atoms with Gasteiger partial charge in [0.15, 0.2) is 0 Å². The van der Waals surface area contributed by atoms with Crippen molar-refractivity contribution in [2.24, 2.45) is 5.92 Å². The van der Waals surface area contributed by atoms with Crippen LogP contribution < -0.4 is 15.5 Å². The number of hydrogen-bond donors (Lipinski definition) is 3. The summed E-state index contributed by atoms with van der Waals surface area (Å²) in [5, 5.41) is 15.5. The molecular weight excluding hydrogens is 314 g/mol. The van der Waals surface area contributed by atoms with Crippen molar-refractivity contribution < 1.29 is 9.90 Å². The molecule has 1 fully saturated rings. The zero-order valence-corrected chi connectivity index (χ0v) is 14.4. The second-order valence-electron chi connectivity index (χ2n) is 6.21. The summed E-state index contributed by atoms with van der Waals surface area (Å²) in [5.41, 5.74) is 1.03. The van der Waals surface area contributed by atoms with Crippen LogP contribution >= 0.6 is 11.6 Å². The third kappa shape index (κ3) is 5.59. The normalized spacial score (nSPS) is 19.3. The summed E-state index contributed by atoms with van der Waals surface area (Å²) in [5.74, 6) is 0.275. The van der Waals surface area contributed by atoms with E-state index in [2.05, 4.69) is 15.5 Å². The van der Waals surface area contributed by atoms with E-state index in [4.69, 9.17) is 16.7 Å². The minimum absolute atomic E-state index is 0.119. The molecule has 1 aromatic rings. The first-order valence-corrected chi connectivity index (χ1v) is 8.62. The van der Waals surface area contributed by atoms with Crippen molar-refractivity contribution in [3.63, 3.8) is 0 Å². The highest BCUT2D eigenvalue weighted by Gasteiger charge is 2.22. The van der Waals surface area contributed by atoms with E-state index in [0.29, 0.717) is 13.0 Å². The number of carbonyl (C=O) groups excluding carboxylic acids is 1. The summed E-state index contributed by atoms with van der Waals surface area (Å²) >= 11 is 6.26. The Morgan fingerprint density at radius 1 is 1.48 bits per heavy atom. The van der Waals surface area contributed by atoms with Crippen LogP contribution in [0.1, 0.15) is 26.2 Å². The largest absolute Gasteiger partial charge is 0.396 e. The van der Waals surface area contributed by atoms with Gasteiger partial charge in [-0.15, -0.1) is 0 Å². The van der Waals surface area contributed by atoms with Crippen LogP contribution in [0.25, 0.3) is 0 Å². The first-order valence-electron chi connectivity index (χ1n) is 8.25. The molecule has 0 bridgehead atoms. The molecule has 0 spiro atoms. The Hall–Kier alpha value is -1.46. The summed E-state index contributed by atoms with van der Waals surface area (Å²) in [6, 6.07) is 7.79. The number of aliphatic hydroxyl groups excluding tert-OH is 1. The number of carbonyl (C=O) groups is 1. The first kappa shape index (κ1) is 17.9. The van der Waals surface area contributed by atoms with Gasteiger partial charge in [0.1, 0.15) is 0 Å². The number of anilines is 1. The standard InChI is InChI=1S/C17H26ClN3O2/c1-13(8-10-22)11-19-17(23)20-14-5-4-9-21(12-14)16-7-3-2-6-15(16)18/h2-3,6-7,13-14,22H,4-5,8-12H2,1H3,(H2,19,20,23)/t13-,14-/m0/s1. The number of nitrogens with zero attached hydrogens (tertiary/aromatic N) is 1. The number of piperidine rings is 1. The molecule has 6 heteroatoms. The highest BCUT2D eigenvalue weighted by Crippen LogP contribution is 2.27. The Morgan fingerprint density at radius 3 is 3.00 bits per heavy atom. The molecule has 0 aliphatic carbocycles. The van der Waals surface area contributed by atoms with Crippen LogP contribution in [-0.2, 0) is 0 Å². The van der Waals surface area contributed by atoms with Gasteiger partial charge in [-0.05, 0) is 37.3 Å². The molecule has 0 unspecified atom stereocenters. The van der Waals surface area contributed by atoms with Crippen molar-refractivity contribution in [2.75, 3.05) is 31.1 Å². The molecule has 1 aliphatic heterocycles. The quantitative estimate of drug-likeness (QED) is 0.746. The van der Waals surface area contributed by atoms with Crippen molar-refractivity contribution in [3.8, 4) is 0 Å². The van der Waals surface area contributed by atoms with Gasteiger partial charge in [-0.25, -0.2) is 4.79 Å². The Morgan fingerprint density at radius 2 is 2.26 bits per heavy atom. The Bertz CT molecular complexity index is 512. The van der Waals surface area contributed by atoms with Crippen LogP contribution in [0.3, 0.4) is 0 Å². The van der Waals surface area contributed by atoms with E-state index in [9.17, 15) is 4.79 Å². The number of hydrogen-bond acceptors (Lipinski definition) is 3. The summed E-state index contributed by atoms with van der Waals surface area (Å²) < 4.78 is 0. The van der Waals surface area contributed by atoms with Crippen LogP contribution in [0.4, 0.5) is 10.5 Å². The molecule has 2 amide bonds. The van der Waals surface area contributed by atoms with E-state index in [1.165, 1.54) is 0 Å². The lowest BCUT2D eigenvalue weighted by Crippen LogP contribution is -2.51. The van der Waals surface area contributed by atoms with Crippen LogP contribution in [0.2, 0.25) is 5.02 Å². The Balaban J connectivity index is 1.82. The van der Waals surface area contributed by atoms with E-state index < -0.39 is 0 Å². The van der Waals surface area contributed by atoms with Gasteiger partial charge in [-0.3, -0.25) is 0 Å². The molecular formula is C17H26ClN3O2. The molecule has 2 atom stereocenters. The highest BCUT2D eigenvalue weighted by molar-refractivity contribution is 6.33. The number of benzene rings is 1. The van der Waals surface area contributed by atoms with Gasteiger partial charge in [-0.2, -0.15) is 0 Å². The number of amides is 2. The lowest BCUT2D eigenvalue weighted by molar-refractivity contribution is 0.229. The average Bonchev–Trinajstić information content (AvgIpc) is 2.54. The Labute approximate surface area is 143 Å². The maximum Gasteiger partial charge on any atom is 0.315 e. The third-order valence-corrected chi connectivity index (χ3v) is 4.50. The van der Waals surface area contributed by atoms with Crippen LogP contribution in [0, 0.1) is 5.92 Å². The van der Waals surface area contributed by atoms with Crippen LogP contribution in [0.15, 0.2) is 24.3 Å². The molecule has 1 heterocycles. The number of nitrogens with one attached hydrogen (secondary N) is 2. The predicted molar refractivity (Wildman–Crippen MR) is 94.1 cm³/mol. The second kappa shape index (κ2) is 8.99. The number of halogens is 1. The number of aliphatic hydroxyl groups is 1. The topological polar surface area (TPSA) is 64.6 Å². The maximum absolute atomic E-state index is 12.0. The van der Waals surface area contributed by atoms with Crippen molar-refractivity contribution in [3.05, 3.63) is 29.3 Å². The molecule has 23 heavy (non-hydrogen) atoms. The molecule has 5 nitrogen and oxygen atoms in total. The fourth-order valence-electron chi connectivity index (χ4n) is 2.85. The lowest BCUT2D eigenvalue weighted by atomic mass is 10.0. The van der Waals surface area contributed by atoms with Gasteiger partial charge in [-0.1, -0.05) is 30.7 Å². The molecule has 1 aromatic carbocycles. The number of urea groups is 1. The van der Waals surface area contributed by atoms with Crippen LogP contribution in [-0.4, -0.2) is 43.4 Å². The molecule has 0 radical (unpaired) electrons. The monoisotopic (exact) mass is 339 g/mol. The lowest BCUT2D eigenvalue weighted by Gasteiger charge is -2.35. The van der Waals surface area contributed by atoms with Gasteiger partial charge >= 0.3 is 6.03 Å². The predicted octanol–water partition coefficient (Wildman–Crippen LogP) is 2.63. The number of para-hydroxylation sites is 1. The minimum Gasteiger partial charge on any atom is -0.396 e. The fraction of sp³-hybridized carbons (Fsp3) is 0.588. The first-order chi connectivity index (χ1) is 11.1. The van der Waals surface area contributed by atoms with Gasteiger partial charge in [0.2, 0.25) is 0 Å². The minimum atomic E-state index is -0.138. The summed E-state index contributed by atoms with van der Waals surface area (Å²) in [7, 11) is 0. The Kier molecular flexibility index (Phi) is 6.99. The van der Waals surface area contributed by atoms with E-state index in [1.807, 2.05) is 31.2 Å². The molecule has 0 aromatic heterocycles. The van der Waals surface area contributed by atoms with Crippen molar-refractivity contribution in [1.29, 1.82) is 0 Å². The van der Waals surface area contributed by atoms with Crippen molar-refractivity contribution in [1.82, 2.24) is 10.6 Å². The maximum atomic E-state index is 12.0.